The molecular weight excluding hydrogens is 368 g/mol. The number of carbonyl (C=O) groups is 1. The number of rotatable bonds is 5. The minimum atomic E-state index is -0.253. The van der Waals surface area contributed by atoms with E-state index in [1.165, 1.54) is 0 Å². The lowest BCUT2D eigenvalue weighted by molar-refractivity contribution is -0.123. The van der Waals surface area contributed by atoms with Gasteiger partial charge in [0, 0.05) is 11.6 Å². The Morgan fingerprint density at radius 3 is 2.93 bits per heavy atom. The van der Waals surface area contributed by atoms with Crippen molar-refractivity contribution in [2.75, 3.05) is 19.8 Å². The maximum absolute atomic E-state index is 12.1. The first-order valence-electron chi connectivity index (χ1n) is 8.52. The molecule has 0 radical (unpaired) electrons. The molecule has 0 bridgehead atoms. The first-order chi connectivity index (χ1) is 13.2. The molecule has 0 unspecified atom stereocenters. The number of benzene rings is 2. The highest BCUT2D eigenvalue weighted by molar-refractivity contribution is 6.35. The van der Waals surface area contributed by atoms with Crippen molar-refractivity contribution in [3.05, 3.63) is 59.8 Å². The lowest BCUT2D eigenvalue weighted by Gasteiger charge is -2.26. The van der Waals surface area contributed by atoms with Gasteiger partial charge in [-0.05, 0) is 36.4 Å². The Bertz CT molecular complexity index is 979. The number of nitrogens with one attached hydrogen (secondary N) is 1. The van der Waals surface area contributed by atoms with E-state index in [0.29, 0.717) is 40.9 Å². The molecule has 7 heteroatoms. The Balaban J connectivity index is 1.32. The van der Waals surface area contributed by atoms with Gasteiger partial charge in [0.25, 0.3) is 5.91 Å². The minimum Gasteiger partial charge on any atom is -0.486 e. The Morgan fingerprint density at radius 1 is 1.19 bits per heavy atom. The van der Waals surface area contributed by atoms with Crippen molar-refractivity contribution in [3.8, 4) is 17.2 Å². The lowest BCUT2D eigenvalue weighted by Crippen LogP contribution is -2.42. The van der Waals surface area contributed by atoms with Gasteiger partial charge in [-0.1, -0.05) is 23.7 Å². The zero-order chi connectivity index (χ0) is 18.6. The molecule has 1 N–H and O–H groups in total. The number of aromatic nitrogens is 1. The number of halogens is 1. The van der Waals surface area contributed by atoms with Gasteiger partial charge in [-0.15, -0.1) is 0 Å². The Hall–Kier alpha value is -2.99. The van der Waals surface area contributed by atoms with E-state index in [-0.39, 0.29) is 18.6 Å². The fourth-order valence-electron chi connectivity index (χ4n) is 2.81. The summed E-state index contributed by atoms with van der Waals surface area (Å²) in [6.45, 7) is 0.581. The van der Waals surface area contributed by atoms with Crippen molar-refractivity contribution in [2.24, 2.45) is 0 Å². The molecule has 2 heterocycles. The van der Waals surface area contributed by atoms with Crippen LogP contribution in [0.3, 0.4) is 0 Å². The molecule has 0 saturated carbocycles. The van der Waals surface area contributed by atoms with Crippen LogP contribution in [-0.4, -0.2) is 36.8 Å². The lowest BCUT2D eigenvalue weighted by atomic mass is 10.2. The van der Waals surface area contributed by atoms with E-state index in [1.54, 1.807) is 24.4 Å². The summed E-state index contributed by atoms with van der Waals surface area (Å²) in [7, 11) is 0. The number of fused-ring (bicyclic) bond motifs is 2. The molecule has 0 fully saturated rings. The number of hydrogen-bond acceptors (Lipinski definition) is 5. The number of amides is 1. The Kier molecular flexibility index (Phi) is 4.98. The number of nitrogens with zero attached hydrogens (tertiary/aromatic N) is 1. The highest BCUT2D eigenvalue weighted by atomic mass is 35.5. The van der Waals surface area contributed by atoms with Crippen LogP contribution in [0, 0.1) is 0 Å². The van der Waals surface area contributed by atoms with Crippen LogP contribution in [0.4, 0.5) is 0 Å². The number of carbonyl (C=O) groups excluding carboxylic acids is 1. The maximum atomic E-state index is 12.1. The van der Waals surface area contributed by atoms with Crippen molar-refractivity contribution in [1.82, 2.24) is 10.3 Å². The minimum absolute atomic E-state index is 0.128. The third-order valence-electron chi connectivity index (χ3n) is 4.13. The van der Waals surface area contributed by atoms with Crippen LogP contribution in [0.15, 0.2) is 54.7 Å². The van der Waals surface area contributed by atoms with Gasteiger partial charge >= 0.3 is 0 Å². The average Bonchev–Trinajstić information content (AvgIpc) is 2.72. The van der Waals surface area contributed by atoms with Gasteiger partial charge in [-0.3, -0.25) is 9.78 Å². The number of pyridine rings is 1. The summed E-state index contributed by atoms with van der Waals surface area (Å²) < 4.78 is 17.1. The summed E-state index contributed by atoms with van der Waals surface area (Å²) in [4.78, 5) is 16.4. The summed E-state index contributed by atoms with van der Waals surface area (Å²) in [6.07, 6.45) is 1.41. The van der Waals surface area contributed by atoms with Crippen LogP contribution in [-0.2, 0) is 4.79 Å². The van der Waals surface area contributed by atoms with Crippen LogP contribution in [0.2, 0.25) is 5.02 Å². The Labute approximate surface area is 161 Å². The standard InChI is InChI=1S/C20H17ClN2O4/c21-15-7-8-18(20-14(15)4-3-9-22-20)26-12-19(24)23-10-13-11-25-16-5-1-2-6-17(16)27-13/h1-9,13H,10-12H2,(H,23,24)/t13-/m1/s1. The van der Waals surface area contributed by atoms with Crippen molar-refractivity contribution < 1.29 is 19.0 Å². The van der Waals surface area contributed by atoms with Crippen LogP contribution in [0.5, 0.6) is 17.2 Å². The van der Waals surface area contributed by atoms with E-state index in [1.807, 2.05) is 30.3 Å². The molecule has 27 heavy (non-hydrogen) atoms. The molecule has 1 atom stereocenters. The molecule has 0 spiro atoms. The van der Waals surface area contributed by atoms with Gasteiger partial charge in [-0.25, -0.2) is 0 Å². The van der Waals surface area contributed by atoms with Gasteiger partial charge in [0.2, 0.25) is 0 Å². The fraction of sp³-hybridized carbons (Fsp3) is 0.200. The normalized spacial score (nSPS) is 15.4. The topological polar surface area (TPSA) is 69.7 Å². The molecule has 1 aliphatic heterocycles. The zero-order valence-corrected chi connectivity index (χ0v) is 15.1. The molecule has 1 amide bonds. The summed E-state index contributed by atoms with van der Waals surface area (Å²) in [5, 5.41) is 4.17. The Morgan fingerprint density at radius 2 is 2.04 bits per heavy atom. The van der Waals surface area contributed by atoms with Gasteiger partial charge in [0.15, 0.2) is 18.1 Å². The highest BCUT2D eigenvalue weighted by Crippen LogP contribution is 2.31. The first kappa shape index (κ1) is 17.4. The van der Waals surface area contributed by atoms with Crippen molar-refractivity contribution in [3.63, 3.8) is 0 Å². The van der Waals surface area contributed by atoms with Crippen LogP contribution < -0.4 is 19.5 Å². The van der Waals surface area contributed by atoms with E-state index < -0.39 is 0 Å². The van der Waals surface area contributed by atoms with Crippen molar-refractivity contribution >= 4 is 28.4 Å². The highest BCUT2D eigenvalue weighted by Gasteiger charge is 2.21. The second-order valence-electron chi connectivity index (χ2n) is 6.04. The van der Waals surface area contributed by atoms with E-state index in [9.17, 15) is 4.79 Å². The van der Waals surface area contributed by atoms with Crippen LogP contribution in [0.25, 0.3) is 10.9 Å². The molecule has 0 saturated heterocycles. The largest absolute Gasteiger partial charge is 0.486 e. The molecule has 138 valence electrons. The second kappa shape index (κ2) is 7.72. The van der Waals surface area contributed by atoms with E-state index >= 15 is 0 Å². The van der Waals surface area contributed by atoms with Crippen LogP contribution >= 0.6 is 11.6 Å². The van der Waals surface area contributed by atoms with Gasteiger partial charge < -0.3 is 19.5 Å². The molecule has 3 aromatic rings. The second-order valence-corrected chi connectivity index (χ2v) is 6.44. The molecule has 4 rings (SSSR count). The molecule has 1 aromatic heterocycles. The monoisotopic (exact) mass is 384 g/mol. The van der Waals surface area contributed by atoms with Gasteiger partial charge in [-0.2, -0.15) is 0 Å². The predicted octanol–water partition coefficient (Wildman–Crippen LogP) is 3.22. The molecule has 1 aliphatic rings. The van der Waals surface area contributed by atoms with E-state index in [0.717, 1.165) is 5.39 Å². The predicted molar refractivity (Wildman–Crippen MR) is 102 cm³/mol. The molecule has 2 aromatic carbocycles. The van der Waals surface area contributed by atoms with Gasteiger partial charge in [0.05, 0.1) is 11.6 Å². The van der Waals surface area contributed by atoms with Crippen molar-refractivity contribution in [2.45, 2.75) is 6.10 Å². The summed E-state index contributed by atoms with van der Waals surface area (Å²) in [5.74, 6) is 1.65. The average molecular weight is 385 g/mol. The van der Waals surface area contributed by atoms with Crippen molar-refractivity contribution in [1.29, 1.82) is 0 Å². The third kappa shape index (κ3) is 3.90. The summed E-state index contributed by atoms with van der Waals surface area (Å²) >= 11 is 6.16. The molecule has 6 nitrogen and oxygen atoms in total. The quantitative estimate of drug-likeness (QED) is 0.731. The van der Waals surface area contributed by atoms with Crippen LogP contribution in [0.1, 0.15) is 0 Å². The molecule has 0 aliphatic carbocycles. The maximum Gasteiger partial charge on any atom is 0.258 e. The number of hydrogen-bond donors (Lipinski definition) is 1. The number of ether oxygens (including phenoxy) is 3. The SMILES string of the molecule is O=C(COc1ccc(Cl)c2cccnc12)NC[C@@H]1COc2ccccc2O1. The fourth-order valence-corrected chi connectivity index (χ4v) is 3.03. The van der Waals surface area contributed by atoms with E-state index in [2.05, 4.69) is 10.3 Å². The van der Waals surface area contributed by atoms with Gasteiger partial charge in [0.1, 0.15) is 24.0 Å². The smallest absolute Gasteiger partial charge is 0.258 e. The molecular formula is C20H17ClN2O4. The summed E-state index contributed by atoms with van der Waals surface area (Å²) in [6, 6.07) is 14.5. The number of para-hydroxylation sites is 2. The third-order valence-corrected chi connectivity index (χ3v) is 4.46. The van der Waals surface area contributed by atoms with E-state index in [4.69, 9.17) is 25.8 Å². The summed E-state index contributed by atoms with van der Waals surface area (Å²) in [5.41, 5.74) is 0.624. The first-order valence-corrected chi connectivity index (χ1v) is 8.90. The zero-order valence-electron chi connectivity index (χ0n) is 14.4.